The van der Waals surface area contributed by atoms with Crippen LogP contribution in [0.25, 0.3) is 0 Å². The van der Waals surface area contributed by atoms with Gasteiger partial charge in [0, 0.05) is 12.6 Å². The fraction of sp³-hybridized carbons (Fsp3) is 0.500. The molecule has 0 aromatic heterocycles. The van der Waals surface area contributed by atoms with Gasteiger partial charge in [0.25, 0.3) is 5.91 Å². The van der Waals surface area contributed by atoms with E-state index in [-0.39, 0.29) is 11.6 Å². The predicted octanol–water partition coefficient (Wildman–Crippen LogP) is 2.24. The molecule has 3 N–H and O–H groups in total. The number of carbonyl (C=O) groups is 1. The van der Waals surface area contributed by atoms with E-state index >= 15 is 0 Å². The summed E-state index contributed by atoms with van der Waals surface area (Å²) < 4.78 is 13.7. The number of rotatable bonds is 5. The quantitative estimate of drug-likeness (QED) is 0.844. The summed E-state index contributed by atoms with van der Waals surface area (Å²) in [5, 5.41) is 2.67. The minimum Gasteiger partial charge on any atom is -0.350 e. The summed E-state index contributed by atoms with van der Waals surface area (Å²) in [5.41, 5.74) is 6.40. The van der Waals surface area contributed by atoms with Crippen molar-refractivity contribution in [3.05, 3.63) is 35.1 Å². The molecule has 4 heteroatoms. The van der Waals surface area contributed by atoms with Crippen LogP contribution in [0.15, 0.2) is 18.2 Å². The van der Waals surface area contributed by atoms with Crippen molar-refractivity contribution < 1.29 is 9.18 Å². The second-order valence-corrected chi connectivity index (χ2v) is 5.04. The smallest absolute Gasteiger partial charge is 0.254 e. The molecule has 100 valence electrons. The number of benzene rings is 1. The first-order valence-electron chi connectivity index (χ1n) is 6.20. The number of amides is 1. The van der Waals surface area contributed by atoms with Crippen molar-refractivity contribution in [2.45, 2.75) is 33.2 Å². The van der Waals surface area contributed by atoms with Crippen molar-refractivity contribution in [1.82, 2.24) is 5.32 Å². The number of nitrogens with one attached hydrogen (secondary N) is 1. The maximum Gasteiger partial charge on any atom is 0.254 e. The fourth-order valence-corrected chi connectivity index (χ4v) is 1.83. The number of nitrogens with two attached hydrogens (primary N) is 1. The highest BCUT2D eigenvalue weighted by Gasteiger charge is 2.14. The normalized spacial score (nSPS) is 12.6. The van der Waals surface area contributed by atoms with Crippen LogP contribution in [0.4, 0.5) is 4.39 Å². The van der Waals surface area contributed by atoms with E-state index in [1.54, 1.807) is 19.1 Å². The maximum atomic E-state index is 13.7. The van der Waals surface area contributed by atoms with Crippen LogP contribution in [0, 0.1) is 18.7 Å². The Balaban J connectivity index is 2.58. The molecule has 0 radical (unpaired) electrons. The Bertz CT molecular complexity index is 418. The highest BCUT2D eigenvalue weighted by molar-refractivity contribution is 5.94. The standard InChI is InChI=1S/C14H21FN2O/c1-9(2)7-11(16)8-17-14(18)12-6-4-5-10(3)13(12)15/h4-6,9,11H,7-8,16H2,1-3H3,(H,17,18). The third kappa shape index (κ3) is 4.11. The minimum absolute atomic E-state index is 0.0757. The van der Waals surface area contributed by atoms with Crippen molar-refractivity contribution in [3.8, 4) is 0 Å². The van der Waals surface area contributed by atoms with E-state index in [9.17, 15) is 9.18 Å². The molecule has 1 aromatic rings. The van der Waals surface area contributed by atoms with E-state index in [1.165, 1.54) is 6.07 Å². The SMILES string of the molecule is Cc1cccc(C(=O)NCC(N)CC(C)C)c1F. The molecule has 0 saturated carbocycles. The van der Waals surface area contributed by atoms with Crippen LogP contribution in [0.1, 0.15) is 36.2 Å². The van der Waals surface area contributed by atoms with E-state index in [0.29, 0.717) is 18.0 Å². The zero-order chi connectivity index (χ0) is 13.7. The third-order valence-electron chi connectivity index (χ3n) is 2.74. The molecule has 0 spiro atoms. The van der Waals surface area contributed by atoms with Gasteiger partial charge >= 0.3 is 0 Å². The molecule has 1 rings (SSSR count). The van der Waals surface area contributed by atoms with Crippen LogP contribution >= 0.6 is 0 Å². The molecule has 3 nitrogen and oxygen atoms in total. The van der Waals surface area contributed by atoms with Gasteiger partial charge in [0.2, 0.25) is 0 Å². The maximum absolute atomic E-state index is 13.7. The molecule has 18 heavy (non-hydrogen) atoms. The van der Waals surface area contributed by atoms with E-state index in [2.05, 4.69) is 19.2 Å². The zero-order valence-electron chi connectivity index (χ0n) is 11.2. The van der Waals surface area contributed by atoms with Gasteiger partial charge in [-0.25, -0.2) is 4.39 Å². The van der Waals surface area contributed by atoms with Gasteiger partial charge in [-0.2, -0.15) is 0 Å². The van der Waals surface area contributed by atoms with Crippen molar-refractivity contribution in [2.75, 3.05) is 6.54 Å². The van der Waals surface area contributed by atoms with Crippen LogP contribution in [-0.2, 0) is 0 Å². The van der Waals surface area contributed by atoms with Gasteiger partial charge in [-0.05, 0) is 30.9 Å². The Morgan fingerprint density at radius 1 is 1.44 bits per heavy atom. The Morgan fingerprint density at radius 3 is 2.72 bits per heavy atom. The summed E-state index contributed by atoms with van der Waals surface area (Å²) >= 11 is 0. The second-order valence-electron chi connectivity index (χ2n) is 5.04. The van der Waals surface area contributed by atoms with Crippen molar-refractivity contribution in [1.29, 1.82) is 0 Å². The fourth-order valence-electron chi connectivity index (χ4n) is 1.83. The van der Waals surface area contributed by atoms with Crippen LogP contribution in [-0.4, -0.2) is 18.5 Å². The molecule has 0 aliphatic rings. The molecule has 0 bridgehead atoms. The predicted molar refractivity (Wildman–Crippen MR) is 70.9 cm³/mol. The summed E-state index contributed by atoms with van der Waals surface area (Å²) in [4.78, 5) is 11.8. The first kappa shape index (κ1) is 14.6. The zero-order valence-corrected chi connectivity index (χ0v) is 11.2. The largest absolute Gasteiger partial charge is 0.350 e. The van der Waals surface area contributed by atoms with Crippen LogP contribution < -0.4 is 11.1 Å². The van der Waals surface area contributed by atoms with E-state index in [0.717, 1.165) is 6.42 Å². The molecular formula is C14H21FN2O. The number of aryl methyl sites for hydroxylation is 1. The Kier molecular flexibility index (Phi) is 5.28. The summed E-state index contributed by atoms with van der Waals surface area (Å²) in [6, 6.07) is 4.69. The molecule has 1 amide bonds. The van der Waals surface area contributed by atoms with Gasteiger partial charge in [-0.1, -0.05) is 26.0 Å². The first-order valence-corrected chi connectivity index (χ1v) is 6.20. The van der Waals surface area contributed by atoms with Crippen molar-refractivity contribution in [2.24, 2.45) is 11.7 Å². The molecule has 0 heterocycles. The van der Waals surface area contributed by atoms with Gasteiger partial charge in [-0.15, -0.1) is 0 Å². The van der Waals surface area contributed by atoms with Crippen molar-refractivity contribution >= 4 is 5.91 Å². The van der Waals surface area contributed by atoms with Crippen LogP contribution in [0.5, 0.6) is 0 Å². The number of hydrogen-bond donors (Lipinski definition) is 2. The summed E-state index contributed by atoms with van der Waals surface area (Å²) in [5.74, 6) is -0.393. The molecule has 1 unspecified atom stereocenters. The van der Waals surface area contributed by atoms with Gasteiger partial charge in [-0.3, -0.25) is 4.79 Å². The molecule has 0 aliphatic carbocycles. The summed E-state index contributed by atoms with van der Waals surface area (Å²) in [6.07, 6.45) is 0.830. The highest BCUT2D eigenvalue weighted by Crippen LogP contribution is 2.11. The highest BCUT2D eigenvalue weighted by atomic mass is 19.1. The van der Waals surface area contributed by atoms with Gasteiger partial charge in [0.1, 0.15) is 5.82 Å². The summed E-state index contributed by atoms with van der Waals surface area (Å²) in [7, 11) is 0. The van der Waals surface area contributed by atoms with Gasteiger partial charge in [0.15, 0.2) is 0 Å². The molecule has 0 fully saturated rings. The lowest BCUT2D eigenvalue weighted by Crippen LogP contribution is -2.38. The average molecular weight is 252 g/mol. The Morgan fingerprint density at radius 2 is 2.11 bits per heavy atom. The minimum atomic E-state index is -0.465. The second kappa shape index (κ2) is 6.50. The van der Waals surface area contributed by atoms with E-state index in [1.807, 2.05) is 0 Å². The molecule has 0 saturated heterocycles. The average Bonchev–Trinajstić information content (AvgIpc) is 2.29. The molecular weight excluding hydrogens is 231 g/mol. The van der Waals surface area contributed by atoms with Gasteiger partial charge in [0.05, 0.1) is 5.56 Å². The number of halogens is 1. The van der Waals surface area contributed by atoms with E-state index < -0.39 is 11.7 Å². The topological polar surface area (TPSA) is 55.1 Å². The Hall–Kier alpha value is -1.42. The van der Waals surface area contributed by atoms with Crippen LogP contribution in [0.2, 0.25) is 0 Å². The lowest BCUT2D eigenvalue weighted by Gasteiger charge is -2.15. The van der Waals surface area contributed by atoms with Crippen LogP contribution in [0.3, 0.4) is 0 Å². The molecule has 0 aliphatic heterocycles. The summed E-state index contributed by atoms with van der Waals surface area (Å²) in [6.45, 7) is 6.14. The lowest BCUT2D eigenvalue weighted by molar-refractivity contribution is 0.0946. The molecule has 1 aromatic carbocycles. The number of hydrogen-bond acceptors (Lipinski definition) is 2. The number of carbonyl (C=O) groups excluding carboxylic acids is 1. The van der Waals surface area contributed by atoms with Gasteiger partial charge < -0.3 is 11.1 Å². The van der Waals surface area contributed by atoms with E-state index in [4.69, 9.17) is 5.73 Å². The first-order chi connectivity index (χ1) is 8.41. The third-order valence-corrected chi connectivity index (χ3v) is 2.74. The monoisotopic (exact) mass is 252 g/mol. The lowest BCUT2D eigenvalue weighted by atomic mass is 10.0. The Labute approximate surface area is 108 Å². The van der Waals surface area contributed by atoms with Crippen molar-refractivity contribution in [3.63, 3.8) is 0 Å². The molecule has 1 atom stereocenters.